The van der Waals surface area contributed by atoms with Gasteiger partial charge in [0.25, 0.3) is 5.91 Å². The Bertz CT molecular complexity index is 940. The van der Waals surface area contributed by atoms with Gasteiger partial charge in [0.1, 0.15) is 11.8 Å². The Labute approximate surface area is 206 Å². The summed E-state index contributed by atoms with van der Waals surface area (Å²) in [6.07, 6.45) is 0. The van der Waals surface area contributed by atoms with E-state index in [1.54, 1.807) is 43.3 Å². The third-order valence-electron chi connectivity index (χ3n) is 4.45. The van der Waals surface area contributed by atoms with Crippen LogP contribution in [0.25, 0.3) is 0 Å². The first-order valence-electron chi connectivity index (χ1n) is 9.67. The normalized spacial score (nSPS) is 11.9. The number of hydrogen-bond donors (Lipinski definition) is 1. The molecule has 0 bridgehead atoms. The summed E-state index contributed by atoms with van der Waals surface area (Å²) >= 11 is 21.8. The number of hydrogen-bond acceptors (Lipinski definition) is 3. The largest absolute Gasteiger partial charge is 0.482 e. The molecule has 0 heterocycles. The van der Waals surface area contributed by atoms with Crippen LogP contribution in [0.2, 0.25) is 15.1 Å². The van der Waals surface area contributed by atoms with Crippen LogP contribution in [0, 0.1) is 5.92 Å². The molecule has 2 aromatic carbocycles. The minimum Gasteiger partial charge on any atom is -0.482 e. The first kappa shape index (κ1) is 25.8. The lowest BCUT2D eigenvalue weighted by Gasteiger charge is -2.29. The molecule has 1 N–H and O–H groups in total. The summed E-state index contributed by atoms with van der Waals surface area (Å²) in [5, 5.41) is 4.14. The van der Waals surface area contributed by atoms with Crippen LogP contribution in [0.4, 0.5) is 0 Å². The number of carbonyl (C=O) groups is 2. The SMILES string of the molecule is CC(C)CNC(=O)C(C)N(Cc1ccc(Cl)cc1Cl)C(=O)COc1ccc(Br)cc1Cl. The molecule has 1 atom stereocenters. The highest BCUT2D eigenvalue weighted by Crippen LogP contribution is 2.28. The fourth-order valence-electron chi connectivity index (χ4n) is 2.68. The quantitative estimate of drug-likeness (QED) is 0.418. The zero-order valence-electron chi connectivity index (χ0n) is 17.4. The monoisotopic (exact) mass is 548 g/mol. The van der Waals surface area contributed by atoms with Crippen molar-refractivity contribution in [1.29, 1.82) is 0 Å². The maximum Gasteiger partial charge on any atom is 0.261 e. The van der Waals surface area contributed by atoms with E-state index < -0.39 is 6.04 Å². The molecule has 0 radical (unpaired) electrons. The predicted octanol–water partition coefficient (Wildman–Crippen LogP) is 5.98. The van der Waals surface area contributed by atoms with Crippen LogP contribution in [0.3, 0.4) is 0 Å². The first-order valence-corrected chi connectivity index (χ1v) is 11.6. The maximum absolute atomic E-state index is 13.1. The van der Waals surface area contributed by atoms with Gasteiger partial charge in [-0.3, -0.25) is 9.59 Å². The minimum absolute atomic E-state index is 0.128. The van der Waals surface area contributed by atoms with E-state index in [0.29, 0.717) is 32.9 Å². The van der Waals surface area contributed by atoms with Gasteiger partial charge in [0.05, 0.1) is 5.02 Å². The molecule has 0 aliphatic carbocycles. The molecular formula is C22H24BrCl3N2O3. The Kier molecular flexibility index (Phi) is 9.94. The molecule has 9 heteroatoms. The van der Waals surface area contributed by atoms with Gasteiger partial charge < -0.3 is 15.0 Å². The van der Waals surface area contributed by atoms with Crippen molar-refractivity contribution in [1.82, 2.24) is 10.2 Å². The maximum atomic E-state index is 13.1. The van der Waals surface area contributed by atoms with Crippen LogP contribution >= 0.6 is 50.7 Å². The van der Waals surface area contributed by atoms with Crippen molar-refractivity contribution in [2.24, 2.45) is 5.92 Å². The molecule has 2 amide bonds. The number of nitrogens with zero attached hydrogens (tertiary/aromatic N) is 1. The second-order valence-corrected chi connectivity index (χ2v) is 9.60. The average molecular weight is 551 g/mol. The number of carbonyl (C=O) groups excluding carboxylic acids is 2. The predicted molar refractivity (Wildman–Crippen MR) is 129 cm³/mol. The van der Waals surface area contributed by atoms with Gasteiger partial charge in [-0.05, 0) is 48.7 Å². The Balaban J connectivity index is 2.20. The third-order valence-corrected chi connectivity index (χ3v) is 5.83. The zero-order valence-corrected chi connectivity index (χ0v) is 21.3. The molecule has 1 unspecified atom stereocenters. The van der Waals surface area contributed by atoms with Crippen molar-refractivity contribution < 1.29 is 14.3 Å². The fraction of sp³-hybridized carbons (Fsp3) is 0.364. The van der Waals surface area contributed by atoms with Gasteiger partial charge in [0.2, 0.25) is 5.91 Å². The molecule has 2 rings (SSSR count). The van der Waals surface area contributed by atoms with Crippen LogP contribution in [0.5, 0.6) is 5.75 Å². The van der Waals surface area contributed by atoms with Crippen molar-refractivity contribution >= 4 is 62.5 Å². The molecule has 0 spiro atoms. The fourth-order valence-corrected chi connectivity index (χ4v) is 3.88. The van der Waals surface area contributed by atoms with Crippen LogP contribution in [0.1, 0.15) is 26.3 Å². The molecule has 31 heavy (non-hydrogen) atoms. The van der Waals surface area contributed by atoms with E-state index in [2.05, 4.69) is 21.2 Å². The number of nitrogens with one attached hydrogen (secondary N) is 1. The Morgan fingerprint density at radius 1 is 1.06 bits per heavy atom. The number of ether oxygens (including phenoxy) is 1. The van der Waals surface area contributed by atoms with Crippen LogP contribution in [-0.2, 0) is 16.1 Å². The van der Waals surface area contributed by atoms with Crippen molar-refractivity contribution in [3.8, 4) is 5.75 Å². The van der Waals surface area contributed by atoms with Crippen LogP contribution < -0.4 is 10.1 Å². The van der Waals surface area contributed by atoms with Gasteiger partial charge in [0, 0.05) is 27.6 Å². The molecular weight excluding hydrogens is 527 g/mol. The van der Waals surface area contributed by atoms with E-state index in [1.165, 1.54) is 4.90 Å². The summed E-state index contributed by atoms with van der Waals surface area (Å²) in [6.45, 7) is 6.02. The van der Waals surface area contributed by atoms with E-state index in [9.17, 15) is 9.59 Å². The van der Waals surface area contributed by atoms with Gasteiger partial charge in [-0.15, -0.1) is 0 Å². The zero-order chi connectivity index (χ0) is 23.1. The molecule has 0 fully saturated rings. The lowest BCUT2D eigenvalue weighted by molar-refractivity contribution is -0.142. The lowest BCUT2D eigenvalue weighted by atomic mass is 10.1. The van der Waals surface area contributed by atoms with Crippen molar-refractivity contribution in [3.63, 3.8) is 0 Å². The van der Waals surface area contributed by atoms with Gasteiger partial charge in [-0.1, -0.05) is 70.6 Å². The van der Waals surface area contributed by atoms with E-state index in [0.717, 1.165) is 4.47 Å². The summed E-state index contributed by atoms with van der Waals surface area (Å²) in [6, 6.07) is 9.39. The summed E-state index contributed by atoms with van der Waals surface area (Å²) in [5.41, 5.74) is 0.671. The average Bonchev–Trinajstić information content (AvgIpc) is 2.70. The second kappa shape index (κ2) is 12.0. The summed E-state index contributed by atoms with van der Waals surface area (Å²) in [4.78, 5) is 27.2. The molecule has 0 aliphatic rings. The van der Waals surface area contributed by atoms with Crippen molar-refractivity contribution in [2.45, 2.75) is 33.4 Å². The number of halogens is 4. The molecule has 0 aromatic heterocycles. The number of rotatable bonds is 9. The summed E-state index contributed by atoms with van der Waals surface area (Å²) in [5.74, 6) is 0.0273. The topological polar surface area (TPSA) is 58.6 Å². The van der Waals surface area contributed by atoms with Gasteiger partial charge in [0.15, 0.2) is 6.61 Å². The first-order chi connectivity index (χ1) is 14.6. The highest BCUT2D eigenvalue weighted by atomic mass is 79.9. The van der Waals surface area contributed by atoms with E-state index in [4.69, 9.17) is 39.5 Å². The summed E-state index contributed by atoms with van der Waals surface area (Å²) < 4.78 is 6.42. The van der Waals surface area contributed by atoms with E-state index in [-0.39, 0.29) is 30.9 Å². The Morgan fingerprint density at radius 3 is 2.39 bits per heavy atom. The Morgan fingerprint density at radius 2 is 1.77 bits per heavy atom. The molecule has 0 saturated heterocycles. The third kappa shape index (κ3) is 7.86. The highest BCUT2D eigenvalue weighted by molar-refractivity contribution is 9.10. The van der Waals surface area contributed by atoms with Crippen molar-refractivity contribution in [3.05, 3.63) is 61.5 Å². The van der Waals surface area contributed by atoms with E-state index >= 15 is 0 Å². The number of amides is 2. The van der Waals surface area contributed by atoms with Gasteiger partial charge in [-0.2, -0.15) is 0 Å². The Hall–Kier alpha value is -1.47. The standard InChI is InChI=1S/C22H24BrCl3N2O3/c1-13(2)10-27-22(30)14(3)28(11-15-4-6-17(24)9-18(15)25)21(29)12-31-20-7-5-16(23)8-19(20)26/h4-9,13-14H,10-12H2,1-3H3,(H,27,30). The second-order valence-electron chi connectivity index (χ2n) is 7.44. The molecule has 0 saturated carbocycles. The molecule has 0 aliphatic heterocycles. The highest BCUT2D eigenvalue weighted by Gasteiger charge is 2.27. The van der Waals surface area contributed by atoms with Gasteiger partial charge in [-0.25, -0.2) is 0 Å². The van der Waals surface area contributed by atoms with Crippen molar-refractivity contribution in [2.75, 3.05) is 13.2 Å². The molecule has 5 nitrogen and oxygen atoms in total. The van der Waals surface area contributed by atoms with Crippen LogP contribution in [0.15, 0.2) is 40.9 Å². The lowest BCUT2D eigenvalue weighted by Crippen LogP contribution is -2.49. The molecule has 168 valence electrons. The number of benzene rings is 2. The summed E-state index contributed by atoms with van der Waals surface area (Å²) in [7, 11) is 0. The van der Waals surface area contributed by atoms with Gasteiger partial charge >= 0.3 is 0 Å². The van der Waals surface area contributed by atoms with E-state index in [1.807, 2.05) is 13.8 Å². The molecule has 2 aromatic rings. The minimum atomic E-state index is -0.734. The smallest absolute Gasteiger partial charge is 0.261 e. The van der Waals surface area contributed by atoms with Crippen LogP contribution in [-0.4, -0.2) is 35.9 Å².